The van der Waals surface area contributed by atoms with Gasteiger partial charge in [-0.05, 0) is 38.0 Å². The first-order valence-electron chi connectivity index (χ1n) is 10.9. The third-order valence-electron chi connectivity index (χ3n) is 5.78. The maximum atomic E-state index is 12.6. The number of carbonyl (C=O) groups is 1. The van der Waals surface area contributed by atoms with Gasteiger partial charge in [-0.15, -0.1) is 0 Å². The zero-order valence-corrected chi connectivity index (χ0v) is 19.5. The van der Waals surface area contributed by atoms with Gasteiger partial charge in [-0.2, -0.15) is 4.98 Å². The number of hydrogen-bond acceptors (Lipinski definition) is 9. The molecule has 1 fully saturated rings. The summed E-state index contributed by atoms with van der Waals surface area (Å²) in [5, 5.41) is 15.5. The SMILES string of the molecule is Cc1cc(N2CCCOC[C@@H]2c2cc3c(cc2Cl)NC[C@@](C)(C(=O)NCCO)O3)nc(N)n1. The van der Waals surface area contributed by atoms with E-state index in [9.17, 15) is 4.79 Å². The number of benzene rings is 1. The summed E-state index contributed by atoms with van der Waals surface area (Å²) >= 11 is 6.72. The van der Waals surface area contributed by atoms with Crippen LogP contribution in [0.2, 0.25) is 5.02 Å². The minimum Gasteiger partial charge on any atom is -0.474 e. The molecule has 0 spiro atoms. The maximum absolute atomic E-state index is 12.6. The summed E-state index contributed by atoms with van der Waals surface area (Å²) in [6, 6.07) is 5.31. The molecule has 0 unspecified atom stereocenters. The first-order chi connectivity index (χ1) is 15.8. The molecule has 33 heavy (non-hydrogen) atoms. The third-order valence-corrected chi connectivity index (χ3v) is 6.11. The molecule has 1 saturated heterocycles. The Morgan fingerprint density at radius 3 is 3.00 bits per heavy atom. The zero-order valence-electron chi connectivity index (χ0n) is 18.7. The minimum absolute atomic E-state index is 0.143. The Balaban J connectivity index is 1.69. The van der Waals surface area contributed by atoms with Crippen LogP contribution in [0.1, 0.15) is 30.6 Å². The van der Waals surface area contributed by atoms with Crippen LogP contribution in [-0.2, 0) is 9.53 Å². The van der Waals surface area contributed by atoms with Crippen molar-refractivity contribution in [3.05, 3.63) is 34.5 Å². The van der Waals surface area contributed by atoms with Gasteiger partial charge in [0, 0.05) is 36.5 Å². The standard InChI is InChI=1S/C22H29ClN6O4/c1-13-8-19(28-21(24)27-13)29-5-3-7-32-11-17(29)14-9-18-16(10-15(14)23)26-12-22(2,33-18)20(31)25-4-6-30/h8-10,17,26,30H,3-7,11-12H2,1-2H3,(H,25,31)(H2,24,27,28)/t17-,22+/m1/s1. The van der Waals surface area contributed by atoms with E-state index in [0.29, 0.717) is 42.0 Å². The molecule has 2 aromatic rings. The molecule has 1 amide bonds. The van der Waals surface area contributed by atoms with Gasteiger partial charge in [-0.25, -0.2) is 4.98 Å². The molecule has 0 bridgehead atoms. The second-order valence-electron chi connectivity index (χ2n) is 8.40. The van der Waals surface area contributed by atoms with E-state index in [0.717, 1.165) is 17.7 Å². The summed E-state index contributed by atoms with van der Waals surface area (Å²) in [5.74, 6) is 1.13. The molecule has 2 aliphatic rings. The Morgan fingerprint density at radius 2 is 2.24 bits per heavy atom. The van der Waals surface area contributed by atoms with Gasteiger partial charge in [0.1, 0.15) is 11.6 Å². The lowest BCUT2D eigenvalue weighted by atomic mass is 10.00. The van der Waals surface area contributed by atoms with Crippen LogP contribution in [0.3, 0.4) is 0 Å². The van der Waals surface area contributed by atoms with E-state index in [2.05, 4.69) is 25.5 Å². The van der Waals surface area contributed by atoms with Gasteiger partial charge in [-0.3, -0.25) is 4.79 Å². The van der Waals surface area contributed by atoms with Gasteiger partial charge in [0.05, 0.1) is 31.5 Å². The largest absolute Gasteiger partial charge is 0.474 e. The number of nitrogens with one attached hydrogen (secondary N) is 2. The Labute approximate surface area is 197 Å². The second-order valence-corrected chi connectivity index (χ2v) is 8.81. The number of rotatable bonds is 5. The van der Waals surface area contributed by atoms with E-state index in [-0.39, 0.29) is 37.6 Å². The van der Waals surface area contributed by atoms with Gasteiger partial charge in [0.15, 0.2) is 0 Å². The number of nitrogens with two attached hydrogens (primary N) is 1. The molecule has 10 nitrogen and oxygen atoms in total. The van der Waals surface area contributed by atoms with Crippen LogP contribution in [0.15, 0.2) is 18.2 Å². The second kappa shape index (κ2) is 9.58. The highest BCUT2D eigenvalue weighted by Gasteiger charge is 2.40. The van der Waals surface area contributed by atoms with Crippen molar-refractivity contribution >= 4 is 35.0 Å². The molecule has 0 radical (unpaired) electrons. The number of ether oxygens (including phenoxy) is 2. The molecule has 4 rings (SSSR count). The molecule has 0 saturated carbocycles. The van der Waals surface area contributed by atoms with Crippen molar-refractivity contribution in [2.45, 2.75) is 31.9 Å². The van der Waals surface area contributed by atoms with Gasteiger partial charge < -0.3 is 35.8 Å². The Hall–Kier alpha value is -2.82. The lowest BCUT2D eigenvalue weighted by Crippen LogP contribution is -2.55. The number of nitrogen functional groups attached to an aromatic ring is 1. The minimum atomic E-state index is -1.13. The van der Waals surface area contributed by atoms with Gasteiger partial charge in [0.25, 0.3) is 5.91 Å². The van der Waals surface area contributed by atoms with E-state index in [1.165, 1.54) is 0 Å². The molecule has 2 aliphatic heterocycles. The number of aromatic nitrogens is 2. The summed E-state index contributed by atoms with van der Waals surface area (Å²) in [4.78, 5) is 23.4. The highest BCUT2D eigenvalue weighted by atomic mass is 35.5. The fourth-order valence-corrected chi connectivity index (χ4v) is 4.39. The Bertz CT molecular complexity index is 1020. The van der Waals surface area contributed by atoms with Gasteiger partial charge >= 0.3 is 0 Å². The lowest BCUT2D eigenvalue weighted by molar-refractivity contribution is -0.135. The summed E-state index contributed by atoms with van der Waals surface area (Å²) in [6.45, 7) is 5.59. The number of amides is 1. The first-order valence-corrected chi connectivity index (χ1v) is 11.3. The average molecular weight is 477 g/mol. The van der Waals surface area contributed by atoms with E-state index in [1.54, 1.807) is 13.0 Å². The molecule has 178 valence electrons. The zero-order chi connectivity index (χ0) is 23.6. The number of fused-ring (bicyclic) bond motifs is 1. The van der Waals surface area contributed by atoms with Crippen molar-refractivity contribution in [2.75, 3.05) is 55.4 Å². The van der Waals surface area contributed by atoms with Crippen LogP contribution in [0.25, 0.3) is 0 Å². The normalized spacial score (nSPS) is 22.5. The molecule has 5 N–H and O–H groups in total. The van der Waals surface area contributed by atoms with Crippen molar-refractivity contribution in [2.24, 2.45) is 0 Å². The van der Waals surface area contributed by atoms with E-state index < -0.39 is 5.60 Å². The van der Waals surface area contributed by atoms with Gasteiger partial charge in [-0.1, -0.05) is 11.6 Å². The number of aliphatic hydroxyl groups excluding tert-OH is 1. The topological polar surface area (TPSA) is 135 Å². The van der Waals surface area contributed by atoms with Crippen molar-refractivity contribution in [1.82, 2.24) is 15.3 Å². The van der Waals surface area contributed by atoms with Crippen LogP contribution in [-0.4, -0.2) is 66.0 Å². The molecule has 11 heteroatoms. The van der Waals surface area contributed by atoms with Crippen LogP contribution < -0.4 is 26.0 Å². The molecular weight excluding hydrogens is 448 g/mol. The number of anilines is 3. The van der Waals surface area contributed by atoms with Gasteiger partial charge in [0.2, 0.25) is 11.5 Å². The van der Waals surface area contributed by atoms with Crippen molar-refractivity contribution in [3.8, 4) is 5.75 Å². The van der Waals surface area contributed by atoms with E-state index in [4.69, 9.17) is 31.9 Å². The third kappa shape index (κ3) is 4.92. The monoisotopic (exact) mass is 476 g/mol. The number of nitrogens with zero attached hydrogens (tertiary/aromatic N) is 3. The molecule has 1 aromatic heterocycles. The highest BCUT2D eigenvalue weighted by molar-refractivity contribution is 6.31. The van der Waals surface area contributed by atoms with E-state index in [1.807, 2.05) is 19.1 Å². The quantitative estimate of drug-likeness (QED) is 0.508. The fourth-order valence-electron chi connectivity index (χ4n) is 4.10. The summed E-state index contributed by atoms with van der Waals surface area (Å²) in [7, 11) is 0. The number of carbonyl (C=O) groups excluding carboxylic acids is 1. The number of aryl methyl sites for hydroxylation is 1. The molecule has 2 atom stereocenters. The van der Waals surface area contributed by atoms with Crippen LogP contribution >= 0.6 is 11.6 Å². The van der Waals surface area contributed by atoms with E-state index >= 15 is 0 Å². The molecule has 3 heterocycles. The maximum Gasteiger partial charge on any atom is 0.265 e. The predicted octanol–water partition coefficient (Wildman–Crippen LogP) is 1.66. The average Bonchev–Trinajstić information content (AvgIpc) is 3.02. The first kappa shape index (κ1) is 23.3. The predicted molar refractivity (Wildman–Crippen MR) is 126 cm³/mol. The Kier molecular flexibility index (Phi) is 6.78. The summed E-state index contributed by atoms with van der Waals surface area (Å²) in [5.41, 5.74) is 7.06. The number of halogens is 1. The van der Waals surface area contributed by atoms with Crippen molar-refractivity contribution in [1.29, 1.82) is 0 Å². The number of aliphatic hydroxyl groups is 1. The fraction of sp³-hybridized carbons (Fsp3) is 0.500. The summed E-state index contributed by atoms with van der Waals surface area (Å²) in [6.07, 6.45) is 0.823. The molecule has 0 aliphatic carbocycles. The molecule has 1 aromatic carbocycles. The Morgan fingerprint density at radius 1 is 1.42 bits per heavy atom. The van der Waals surface area contributed by atoms with Crippen molar-refractivity contribution < 1.29 is 19.4 Å². The lowest BCUT2D eigenvalue weighted by Gasteiger charge is -2.37. The highest BCUT2D eigenvalue weighted by Crippen LogP contribution is 2.41. The van der Waals surface area contributed by atoms with Crippen LogP contribution in [0.4, 0.5) is 17.5 Å². The smallest absolute Gasteiger partial charge is 0.265 e. The van der Waals surface area contributed by atoms with Crippen molar-refractivity contribution in [3.63, 3.8) is 0 Å². The van der Waals surface area contributed by atoms with Crippen LogP contribution in [0, 0.1) is 6.92 Å². The molecular formula is C22H29ClN6O4. The summed E-state index contributed by atoms with van der Waals surface area (Å²) < 4.78 is 12.0. The number of hydrogen-bond donors (Lipinski definition) is 4. The van der Waals surface area contributed by atoms with Crippen LogP contribution in [0.5, 0.6) is 5.75 Å².